The molecule has 126 valence electrons. The highest BCUT2D eigenvalue weighted by Crippen LogP contribution is 2.36. The van der Waals surface area contributed by atoms with Crippen LogP contribution in [-0.2, 0) is 11.3 Å². The van der Waals surface area contributed by atoms with Gasteiger partial charge in [-0.05, 0) is 24.1 Å². The fourth-order valence-electron chi connectivity index (χ4n) is 3.42. The van der Waals surface area contributed by atoms with Gasteiger partial charge in [0.1, 0.15) is 0 Å². The normalized spacial score (nSPS) is 13.6. The molecule has 0 unspecified atom stereocenters. The molecule has 0 saturated carbocycles. The molecule has 0 spiro atoms. The summed E-state index contributed by atoms with van der Waals surface area (Å²) in [6, 6.07) is 12.9. The lowest BCUT2D eigenvalue weighted by molar-refractivity contribution is -0.112. The van der Waals surface area contributed by atoms with Crippen molar-refractivity contribution in [1.29, 1.82) is 0 Å². The van der Waals surface area contributed by atoms with Gasteiger partial charge < -0.3 is 9.67 Å². The van der Waals surface area contributed by atoms with Gasteiger partial charge in [0.2, 0.25) is 0 Å². The van der Waals surface area contributed by atoms with Gasteiger partial charge in [-0.3, -0.25) is 4.79 Å². The second-order valence-corrected chi connectivity index (χ2v) is 7.11. The highest BCUT2D eigenvalue weighted by molar-refractivity contribution is 6.30. The maximum atomic E-state index is 12.6. The van der Waals surface area contributed by atoms with Gasteiger partial charge in [-0.25, -0.2) is 4.99 Å². The molecule has 1 N–H and O–H groups in total. The predicted molar refractivity (Wildman–Crippen MR) is 98.2 cm³/mol. The van der Waals surface area contributed by atoms with Gasteiger partial charge in [0.15, 0.2) is 5.88 Å². The second-order valence-electron chi connectivity index (χ2n) is 6.67. The van der Waals surface area contributed by atoms with Crippen LogP contribution in [0.1, 0.15) is 19.4 Å². The summed E-state index contributed by atoms with van der Waals surface area (Å²) < 4.78 is 1.86. The van der Waals surface area contributed by atoms with E-state index in [0.717, 1.165) is 10.9 Å². The van der Waals surface area contributed by atoms with Crippen LogP contribution in [0.3, 0.4) is 0 Å². The molecule has 1 aliphatic heterocycles. The molecule has 1 amide bonds. The van der Waals surface area contributed by atoms with Gasteiger partial charge in [-0.2, -0.15) is 0 Å². The number of halogens is 1. The van der Waals surface area contributed by atoms with Crippen molar-refractivity contribution in [3.8, 4) is 5.88 Å². The van der Waals surface area contributed by atoms with Crippen LogP contribution >= 0.6 is 11.6 Å². The van der Waals surface area contributed by atoms with Gasteiger partial charge in [0.05, 0.1) is 22.0 Å². The Bertz CT molecular complexity index is 1140. The summed E-state index contributed by atoms with van der Waals surface area (Å²) in [7, 11) is 0. The number of amides is 1. The van der Waals surface area contributed by atoms with Crippen molar-refractivity contribution in [2.24, 2.45) is 10.9 Å². The largest absolute Gasteiger partial charge is 0.494 e. The zero-order chi connectivity index (χ0) is 17.7. The molecule has 0 atom stereocenters. The number of benzene rings is 2. The molecular weight excluding hydrogens is 336 g/mol. The van der Waals surface area contributed by atoms with Crippen molar-refractivity contribution in [3.05, 3.63) is 63.6 Å². The predicted octanol–water partition coefficient (Wildman–Crippen LogP) is 3.02. The van der Waals surface area contributed by atoms with Crippen molar-refractivity contribution in [3.63, 3.8) is 0 Å². The fourth-order valence-corrected chi connectivity index (χ4v) is 3.58. The molecule has 0 fully saturated rings. The number of carbonyl (C=O) groups excluding carboxylic acids is 1. The number of hydrogen-bond donors (Lipinski definition) is 1. The smallest absolute Gasteiger partial charge is 0.279 e. The van der Waals surface area contributed by atoms with E-state index in [9.17, 15) is 9.90 Å². The lowest BCUT2D eigenvalue weighted by Gasteiger charge is -2.10. The number of fused-ring (bicyclic) bond motifs is 2. The number of hydrogen-bond acceptors (Lipinski definition) is 2. The molecule has 4 nitrogen and oxygen atoms in total. The van der Waals surface area contributed by atoms with Crippen molar-refractivity contribution < 1.29 is 9.90 Å². The Morgan fingerprint density at radius 2 is 1.96 bits per heavy atom. The molecular formula is C20H17ClN2O2. The van der Waals surface area contributed by atoms with Crippen LogP contribution in [0, 0.1) is 5.92 Å². The summed E-state index contributed by atoms with van der Waals surface area (Å²) in [6.07, 6.45) is 0. The minimum Gasteiger partial charge on any atom is -0.494 e. The number of rotatable bonds is 3. The average molecular weight is 353 g/mol. The van der Waals surface area contributed by atoms with E-state index in [1.54, 1.807) is 18.2 Å². The molecule has 25 heavy (non-hydrogen) atoms. The highest BCUT2D eigenvalue weighted by Gasteiger charge is 2.27. The van der Waals surface area contributed by atoms with Crippen molar-refractivity contribution in [2.75, 3.05) is 0 Å². The first-order valence-electron chi connectivity index (χ1n) is 8.21. The average Bonchev–Trinajstić information content (AvgIpc) is 3.01. The van der Waals surface area contributed by atoms with Gasteiger partial charge in [-0.15, -0.1) is 0 Å². The van der Waals surface area contributed by atoms with Crippen molar-refractivity contribution >= 4 is 34.0 Å². The Kier molecular flexibility index (Phi) is 3.65. The topological polar surface area (TPSA) is 54.6 Å². The molecule has 0 radical (unpaired) electrons. The number of carbonyl (C=O) groups is 1. The standard InChI is InChI=1S/C20H17ClN2O2/c1-11(2)10-23-16-6-4-3-5-14(16)18(20(23)25)17-13-8-7-12(21)9-15(13)22-19(17)24/h3-9,11,25H,10H2,1-2H3. The van der Waals surface area contributed by atoms with Gasteiger partial charge in [-0.1, -0.05) is 49.7 Å². The van der Waals surface area contributed by atoms with Crippen LogP contribution in [-0.4, -0.2) is 15.6 Å². The summed E-state index contributed by atoms with van der Waals surface area (Å²) in [6.45, 7) is 4.85. The Balaban J connectivity index is 2.11. The van der Waals surface area contributed by atoms with Crippen molar-refractivity contribution in [1.82, 2.24) is 4.57 Å². The van der Waals surface area contributed by atoms with E-state index < -0.39 is 0 Å². The molecule has 0 aliphatic carbocycles. The maximum absolute atomic E-state index is 12.6. The van der Waals surface area contributed by atoms with E-state index in [0.29, 0.717) is 39.2 Å². The lowest BCUT2D eigenvalue weighted by Crippen LogP contribution is -2.22. The zero-order valence-corrected chi connectivity index (χ0v) is 14.7. The highest BCUT2D eigenvalue weighted by atomic mass is 35.5. The van der Waals surface area contributed by atoms with E-state index in [4.69, 9.17) is 11.6 Å². The van der Waals surface area contributed by atoms with E-state index in [2.05, 4.69) is 18.8 Å². The van der Waals surface area contributed by atoms with Crippen LogP contribution in [0.25, 0.3) is 16.5 Å². The lowest BCUT2D eigenvalue weighted by atomic mass is 10.0. The molecule has 2 heterocycles. The van der Waals surface area contributed by atoms with Gasteiger partial charge >= 0.3 is 0 Å². The summed E-state index contributed by atoms with van der Waals surface area (Å²) in [4.78, 5) is 16.7. The second kappa shape index (κ2) is 5.74. The minimum absolute atomic E-state index is 0.108. The van der Waals surface area contributed by atoms with Crippen LogP contribution in [0.4, 0.5) is 0 Å². The molecule has 3 aromatic rings. The third-order valence-electron chi connectivity index (χ3n) is 4.41. The summed E-state index contributed by atoms with van der Waals surface area (Å²) >= 11 is 6.02. The maximum Gasteiger partial charge on any atom is 0.279 e. The summed E-state index contributed by atoms with van der Waals surface area (Å²) in [5, 5.41) is 13.6. The first kappa shape index (κ1) is 15.9. The van der Waals surface area contributed by atoms with Crippen molar-refractivity contribution in [2.45, 2.75) is 20.4 Å². The third-order valence-corrected chi connectivity index (χ3v) is 4.64. The molecule has 0 saturated heterocycles. The number of para-hydroxylation sites is 1. The Hall–Kier alpha value is -2.59. The first-order chi connectivity index (χ1) is 12.0. The summed E-state index contributed by atoms with van der Waals surface area (Å²) in [5.74, 6) is 0.117. The third kappa shape index (κ3) is 2.45. The quantitative estimate of drug-likeness (QED) is 0.787. The van der Waals surface area contributed by atoms with E-state index >= 15 is 0 Å². The molecule has 0 bridgehead atoms. The van der Waals surface area contributed by atoms with Gasteiger partial charge in [0, 0.05) is 22.2 Å². The monoisotopic (exact) mass is 352 g/mol. The van der Waals surface area contributed by atoms with E-state index in [1.165, 1.54) is 0 Å². The summed E-state index contributed by atoms with van der Waals surface area (Å²) in [5.41, 5.74) is 1.89. The molecule has 4 rings (SSSR count). The van der Waals surface area contributed by atoms with Crippen LogP contribution in [0.5, 0.6) is 5.88 Å². The van der Waals surface area contributed by atoms with Crippen LogP contribution < -0.4 is 10.6 Å². The molecule has 1 aliphatic rings. The zero-order valence-electron chi connectivity index (χ0n) is 14.0. The van der Waals surface area contributed by atoms with Crippen LogP contribution in [0.2, 0.25) is 5.02 Å². The fraction of sp³-hybridized carbons (Fsp3) is 0.200. The van der Waals surface area contributed by atoms with Crippen LogP contribution in [0.15, 0.2) is 47.5 Å². The SMILES string of the molecule is CC(C)Cn1c(O)c(C2=c3ccc(Cl)cc3=NC2=O)c2ccccc21. The van der Waals surface area contributed by atoms with E-state index in [1.807, 2.05) is 28.8 Å². The molecule has 5 heteroatoms. The number of aromatic nitrogens is 1. The molecule has 2 aromatic carbocycles. The number of aromatic hydroxyl groups is 1. The Labute approximate surface area is 149 Å². The van der Waals surface area contributed by atoms with E-state index in [-0.39, 0.29) is 11.8 Å². The minimum atomic E-state index is -0.347. The molecule has 1 aromatic heterocycles. The Morgan fingerprint density at radius 3 is 2.72 bits per heavy atom. The van der Waals surface area contributed by atoms with Gasteiger partial charge in [0.25, 0.3) is 5.91 Å². The number of nitrogens with zero attached hydrogens (tertiary/aromatic N) is 2. The first-order valence-corrected chi connectivity index (χ1v) is 8.58. The Morgan fingerprint density at radius 1 is 1.20 bits per heavy atom.